The molecule has 1 aliphatic carbocycles. The first-order valence-electron chi connectivity index (χ1n) is 10.5. The molecule has 3 heterocycles. The molecule has 2 aliphatic rings. The summed E-state index contributed by atoms with van der Waals surface area (Å²) in [5.74, 6) is 0.129. The fraction of sp³-hybridized carbons (Fsp3) is 0.545. The maximum atomic E-state index is 13.0. The molecule has 154 valence electrons. The lowest BCUT2D eigenvalue weighted by Crippen LogP contribution is -2.46. The molecule has 0 radical (unpaired) electrons. The number of nitrogens with zero attached hydrogens (tertiary/aromatic N) is 4. The third-order valence-electron chi connectivity index (χ3n) is 5.85. The number of likely N-dealkylation sites (tertiary alicyclic amines) is 1. The van der Waals surface area contributed by atoms with Gasteiger partial charge in [-0.15, -0.1) is 11.3 Å². The molecule has 2 aromatic heterocycles. The lowest BCUT2D eigenvalue weighted by atomic mass is 9.96. The normalized spacial score (nSPS) is 19.1. The molecule has 0 spiro atoms. The number of pyridine rings is 1. The quantitative estimate of drug-likeness (QED) is 0.732. The van der Waals surface area contributed by atoms with Gasteiger partial charge in [-0.2, -0.15) is 0 Å². The largest absolute Gasteiger partial charge is 0.342 e. The first-order valence-corrected chi connectivity index (χ1v) is 11.3. The van der Waals surface area contributed by atoms with E-state index in [9.17, 15) is 9.59 Å². The van der Waals surface area contributed by atoms with E-state index >= 15 is 0 Å². The van der Waals surface area contributed by atoms with E-state index in [0.717, 1.165) is 23.5 Å². The van der Waals surface area contributed by atoms with Crippen LogP contribution in [0.25, 0.3) is 0 Å². The van der Waals surface area contributed by atoms with Crippen LogP contribution in [0.5, 0.6) is 0 Å². The molecular weight excluding hydrogens is 384 g/mol. The summed E-state index contributed by atoms with van der Waals surface area (Å²) < 4.78 is 0. The standard InChI is InChI=1S/C22H28N4O2S/c1-25(15-20-24-18-7-2-3-8-19(18)29-20)22(28)16-9-10-21(27)26(14-16)13-11-17-6-4-5-12-23-17/h4-6,12,16H,2-3,7-11,13-15H2,1H3/t16-/m1/s1. The highest BCUT2D eigenvalue weighted by Gasteiger charge is 2.32. The molecule has 0 saturated carbocycles. The van der Waals surface area contributed by atoms with Crippen LogP contribution in [0, 0.1) is 5.92 Å². The molecule has 4 rings (SSSR count). The van der Waals surface area contributed by atoms with Gasteiger partial charge in [-0.25, -0.2) is 4.98 Å². The number of fused-ring (bicyclic) bond motifs is 1. The minimum atomic E-state index is -0.129. The van der Waals surface area contributed by atoms with E-state index in [2.05, 4.69) is 4.98 Å². The molecule has 2 amide bonds. The number of carbonyl (C=O) groups excluding carboxylic acids is 2. The third-order valence-corrected chi connectivity index (χ3v) is 6.99. The fourth-order valence-corrected chi connectivity index (χ4v) is 5.40. The third kappa shape index (κ3) is 4.83. The first kappa shape index (κ1) is 20.0. The second-order valence-corrected chi connectivity index (χ2v) is 9.19. The summed E-state index contributed by atoms with van der Waals surface area (Å²) in [7, 11) is 1.86. The highest BCUT2D eigenvalue weighted by Crippen LogP contribution is 2.28. The Hall–Kier alpha value is -2.28. The van der Waals surface area contributed by atoms with Gasteiger partial charge in [0.1, 0.15) is 5.01 Å². The van der Waals surface area contributed by atoms with Crippen molar-refractivity contribution >= 4 is 23.2 Å². The lowest BCUT2D eigenvalue weighted by molar-refractivity contribution is -0.142. The van der Waals surface area contributed by atoms with Crippen LogP contribution in [-0.2, 0) is 35.4 Å². The van der Waals surface area contributed by atoms with E-state index in [-0.39, 0.29) is 17.7 Å². The molecule has 6 nitrogen and oxygen atoms in total. The van der Waals surface area contributed by atoms with Gasteiger partial charge < -0.3 is 9.80 Å². The number of thiazole rings is 1. The Morgan fingerprint density at radius 2 is 2.14 bits per heavy atom. The number of aryl methyl sites for hydroxylation is 2. The minimum absolute atomic E-state index is 0.119. The zero-order valence-electron chi connectivity index (χ0n) is 17.0. The van der Waals surface area contributed by atoms with Crippen LogP contribution in [-0.4, -0.2) is 51.7 Å². The highest BCUT2D eigenvalue weighted by atomic mass is 32.1. The van der Waals surface area contributed by atoms with Crippen molar-refractivity contribution in [2.75, 3.05) is 20.1 Å². The average molecular weight is 413 g/mol. The molecule has 1 saturated heterocycles. The Labute approximate surface area is 176 Å². The fourth-order valence-electron chi connectivity index (χ4n) is 4.19. The SMILES string of the molecule is CN(Cc1nc2c(s1)CCCC2)C(=O)[C@@H]1CCC(=O)N(CCc2ccccn2)C1. The van der Waals surface area contributed by atoms with Gasteiger partial charge in [0.15, 0.2) is 0 Å². The lowest BCUT2D eigenvalue weighted by Gasteiger charge is -2.33. The monoisotopic (exact) mass is 412 g/mol. The van der Waals surface area contributed by atoms with Crippen LogP contribution in [0.15, 0.2) is 24.4 Å². The summed E-state index contributed by atoms with van der Waals surface area (Å²) in [5.41, 5.74) is 2.21. The molecule has 0 bridgehead atoms. The Balaban J connectivity index is 1.33. The summed E-state index contributed by atoms with van der Waals surface area (Å²) in [6, 6.07) is 5.81. The molecular formula is C22H28N4O2S. The van der Waals surface area contributed by atoms with Crippen LogP contribution in [0.2, 0.25) is 0 Å². The molecule has 1 aliphatic heterocycles. The predicted molar refractivity (Wildman–Crippen MR) is 112 cm³/mol. The molecule has 29 heavy (non-hydrogen) atoms. The van der Waals surface area contributed by atoms with Gasteiger partial charge in [-0.05, 0) is 44.2 Å². The first-order chi connectivity index (χ1) is 14.1. The van der Waals surface area contributed by atoms with Gasteiger partial charge in [0.25, 0.3) is 0 Å². The van der Waals surface area contributed by atoms with Crippen molar-refractivity contribution in [3.8, 4) is 0 Å². The number of hydrogen-bond acceptors (Lipinski definition) is 5. The van der Waals surface area contributed by atoms with Gasteiger partial charge in [0.05, 0.1) is 18.2 Å². The van der Waals surface area contributed by atoms with Crippen LogP contribution in [0.4, 0.5) is 0 Å². The summed E-state index contributed by atoms with van der Waals surface area (Å²) in [5, 5.41) is 1.03. The van der Waals surface area contributed by atoms with E-state index in [0.29, 0.717) is 38.9 Å². The van der Waals surface area contributed by atoms with Gasteiger partial charge in [0, 0.05) is 49.7 Å². The Morgan fingerprint density at radius 3 is 2.93 bits per heavy atom. The van der Waals surface area contributed by atoms with E-state index in [1.165, 1.54) is 23.4 Å². The van der Waals surface area contributed by atoms with Crippen LogP contribution in [0.3, 0.4) is 0 Å². The molecule has 7 heteroatoms. The van der Waals surface area contributed by atoms with Gasteiger partial charge in [0.2, 0.25) is 11.8 Å². The summed E-state index contributed by atoms with van der Waals surface area (Å²) in [6.07, 6.45) is 8.22. The van der Waals surface area contributed by atoms with E-state index < -0.39 is 0 Å². The molecule has 0 N–H and O–H groups in total. The molecule has 1 fully saturated rings. The second-order valence-electron chi connectivity index (χ2n) is 8.03. The Kier molecular flexibility index (Phi) is 6.23. The number of carbonyl (C=O) groups is 2. The zero-order chi connectivity index (χ0) is 20.2. The van der Waals surface area contributed by atoms with Crippen molar-refractivity contribution in [2.24, 2.45) is 5.92 Å². The molecule has 2 aromatic rings. The van der Waals surface area contributed by atoms with E-state index in [1.807, 2.05) is 30.1 Å². The van der Waals surface area contributed by atoms with Crippen LogP contribution in [0.1, 0.15) is 47.0 Å². The summed E-state index contributed by atoms with van der Waals surface area (Å²) in [4.78, 5) is 39.5. The van der Waals surface area contributed by atoms with Crippen molar-refractivity contribution in [1.29, 1.82) is 0 Å². The average Bonchev–Trinajstić information content (AvgIpc) is 3.15. The maximum absolute atomic E-state index is 13.0. The number of amides is 2. The topological polar surface area (TPSA) is 66.4 Å². The van der Waals surface area contributed by atoms with Crippen molar-refractivity contribution < 1.29 is 9.59 Å². The molecule has 0 aromatic carbocycles. The minimum Gasteiger partial charge on any atom is -0.342 e. The van der Waals surface area contributed by atoms with Gasteiger partial charge >= 0.3 is 0 Å². The van der Waals surface area contributed by atoms with Crippen LogP contribution < -0.4 is 0 Å². The highest BCUT2D eigenvalue weighted by molar-refractivity contribution is 7.11. The van der Waals surface area contributed by atoms with Gasteiger partial charge in [-0.3, -0.25) is 14.6 Å². The molecule has 0 unspecified atom stereocenters. The number of aromatic nitrogens is 2. The summed E-state index contributed by atoms with van der Waals surface area (Å²) >= 11 is 1.76. The Bertz CT molecular complexity index is 843. The van der Waals surface area contributed by atoms with Crippen molar-refractivity contribution in [1.82, 2.24) is 19.8 Å². The molecule has 1 atom stereocenters. The van der Waals surface area contributed by atoms with Crippen LogP contribution >= 0.6 is 11.3 Å². The Morgan fingerprint density at radius 1 is 1.28 bits per heavy atom. The number of piperidine rings is 1. The maximum Gasteiger partial charge on any atom is 0.227 e. The van der Waals surface area contributed by atoms with Crippen molar-refractivity contribution in [3.63, 3.8) is 0 Å². The second kappa shape index (κ2) is 9.03. The van der Waals surface area contributed by atoms with E-state index in [1.54, 1.807) is 22.4 Å². The van der Waals surface area contributed by atoms with Crippen molar-refractivity contribution in [2.45, 2.75) is 51.5 Å². The predicted octanol–water partition coefficient (Wildman–Crippen LogP) is 2.86. The number of rotatable bonds is 6. The summed E-state index contributed by atoms with van der Waals surface area (Å²) in [6.45, 7) is 1.68. The zero-order valence-corrected chi connectivity index (χ0v) is 17.8. The van der Waals surface area contributed by atoms with E-state index in [4.69, 9.17) is 4.98 Å². The number of hydrogen-bond donors (Lipinski definition) is 0. The smallest absolute Gasteiger partial charge is 0.227 e. The van der Waals surface area contributed by atoms with Gasteiger partial charge in [-0.1, -0.05) is 6.07 Å². The van der Waals surface area contributed by atoms with Crippen molar-refractivity contribution in [3.05, 3.63) is 45.7 Å².